The maximum absolute atomic E-state index is 12.3. The molecule has 1 saturated heterocycles. The third-order valence-corrected chi connectivity index (χ3v) is 1.46. The van der Waals surface area contributed by atoms with Gasteiger partial charge >= 0.3 is 0 Å². The molecule has 0 unspecified atom stereocenters. The highest BCUT2D eigenvalue weighted by Gasteiger charge is 2.06. The molecule has 0 N–H and O–H groups in total. The minimum absolute atomic E-state index is 0.204. The van der Waals surface area contributed by atoms with E-state index < -0.39 is 5.83 Å². The molecule has 0 saturated carbocycles. The molecule has 0 aromatic heterocycles. The van der Waals surface area contributed by atoms with Crippen LogP contribution in [0.3, 0.4) is 0 Å². The third-order valence-electron chi connectivity index (χ3n) is 1.46. The number of halogens is 1. The quantitative estimate of drug-likeness (QED) is 0.429. The summed E-state index contributed by atoms with van der Waals surface area (Å²) < 4.78 is 17.4. The lowest BCUT2D eigenvalue weighted by atomic mass is 10.4. The van der Waals surface area contributed by atoms with Crippen LogP contribution in [0.4, 0.5) is 4.39 Å². The van der Waals surface area contributed by atoms with E-state index >= 15 is 0 Å². The van der Waals surface area contributed by atoms with Crippen molar-refractivity contribution in [2.75, 3.05) is 26.3 Å². The van der Waals surface area contributed by atoms with E-state index in [1.165, 1.54) is 6.20 Å². The van der Waals surface area contributed by atoms with Crippen LogP contribution in [0.15, 0.2) is 12.0 Å². The summed E-state index contributed by atoms with van der Waals surface area (Å²) in [6.45, 7) is 2.51. The van der Waals surface area contributed by atoms with Gasteiger partial charge < -0.3 is 9.64 Å². The molecule has 1 aliphatic rings. The van der Waals surface area contributed by atoms with Crippen LogP contribution >= 0.6 is 0 Å². The van der Waals surface area contributed by atoms with Gasteiger partial charge in [0.25, 0.3) is 0 Å². The summed E-state index contributed by atoms with van der Waals surface area (Å²) in [6, 6.07) is 0. The Morgan fingerprint density at radius 3 is 2.64 bits per heavy atom. The van der Waals surface area contributed by atoms with Gasteiger partial charge in [0.05, 0.1) is 13.2 Å². The maximum atomic E-state index is 12.3. The third kappa shape index (κ3) is 2.67. The van der Waals surface area contributed by atoms with Gasteiger partial charge in [-0.05, 0) is 0 Å². The van der Waals surface area contributed by atoms with Crippen molar-refractivity contribution in [1.29, 1.82) is 0 Å². The molecule has 1 fully saturated rings. The summed E-state index contributed by atoms with van der Waals surface area (Å²) in [6.07, 6.45) is 1.42. The van der Waals surface area contributed by atoms with Gasteiger partial charge in [0, 0.05) is 19.3 Å². The summed E-state index contributed by atoms with van der Waals surface area (Å²) >= 11 is 0. The summed E-state index contributed by atoms with van der Waals surface area (Å²) in [4.78, 5) is 11.6. The Balaban J connectivity index is 2.40. The smallest absolute Gasteiger partial charge is 0.179 e. The van der Waals surface area contributed by atoms with Gasteiger partial charge in [0.2, 0.25) is 0 Å². The zero-order valence-corrected chi connectivity index (χ0v) is 6.12. The Morgan fingerprint density at radius 2 is 2.09 bits per heavy atom. The van der Waals surface area contributed by atoms with Crippen molar-refractivity contribution in [2.45, 2.75) is 0 Å². The van der Waals surface area contributed by atoms with E-state index in [1.54, 1.807) is 4.90 Å². The van der Waals surface area contributed by atoms with Crippen molar-refractivity contribution in [3.8, 4) is 0 Å². The molecular formula is C7H10FNO2. The van der Waals surface area contributed by atoms with Gasteiger partial charge in [-0.3, -0.25) is 4.79 Å². The minimum atomic E-state index is -0.730. The minimum Gasteiger partial charge on any atom is -0.378 e. The Morgan fingerprint density at radius 1 is 1.45 bits per heavy atom. The normalized spacial score (nSPS) is 20.1. The first-order valence-corrected chi connectivity index (χ1v) is 3.47. The molecule has 62 valence electrons. The van der Waals surface area contributed by atoms with Gasteiger partial charge in [-0.15, -0.1) is 0 Å². The number of allylic oxidation sites excluding steroid dienone is 1. The fourth-order valence-corrected chi connectivity index (χ4v) is 0.911. The van der Waals surface area contributed by atoms with E-state index in [9.17, 15) is 9.18 Å². The predicted octanol–water partition coefficient (Wildman–Crippen LogP) is 0.328. The lowest BCUT2D eigenvalue weighted by Gasteiger charge is -2.24. The lowest BCUT2D eigenvalue weighted by Crippen LogP contribution is -2.32. The monoisotopic (exact) mass is 159 g/mol. The number of carbonyl (C=O) groups excluding carboxylic acids is 1. The number of hydrogen-bond acceptors (Lipinski definition) is 3. The summed E-state index contributed by atoms with van der Waals surface area (Å²) in [5.41, 5.74) is 0. The molecule has 0 aliphatic carbocycles. The van der Waals surface area contributed by atoms with Gasteiger partial charge in [-0.25, -0.2) is 4.39 Å². The van der Waals surface area contributed by atoms with Crippen molar-refractivity contribution >= 4 is 6.29 Å². The molecule has 0 aromatic carbocycles. The number of hydrogen-bond donors (Lipinski definition) is 0. The number of carbonyl (C=O) groups is 1. The topological polar surface area (TPSA) is 29.5 Å². The number of morpholine rings is 1. The molecule has 0 aromatic rings. The van der Waals surface area contributed by atoms with Gasteiger partial charge in [0.1, 0.15) is 0 Å². The molecule has 1 heterocycles. The van der Waals surface area contributed by atoms with E-state index in [1.807, 2.05) is 0 Å². The fourth-order valence-electron chi connectivity index (χ4n) is 0.911. The zero-order chi connectivity index (χ0) is 8.10. The molecule has 1 rings (SSSR count). The van der Waals surface area contributed by atoms with Crippen LogP contribution in [0, 0.1) is 0 Å². The highest BCUT2D eigenvalue weighted by molar-refractivity contribution is 5.69. The van der Waals surface area contributed by atoms with Crippen LogP contribution in [-0.4, -0.2) is 37.5 Å². The Bertz CT molecular complexity index is 164. The zero-order valence-electron chi connectivity index (χ0n) is 6.12. The SMILES string of the molecule is O=CC(F)=CN1CCOCC1. The Kier molecular flexibility index (Phi) is 3.04. The number of aldehydes is 1. The Labute approximate surface area is 64.4 Å². The standard InChI is InChI=1S/C7H10FNO2/c8-7(6-10)5-9-1-3-11-4-2-9/h5-6H,1-4H2. The van der Waals surface area contributed by atoms with Gasteiger partial charge in [-0.2, -0.15) is 0 Å². The molecule has 1 aliphatic heterocycles. The van der Waals surface area contributed by atoms with Crippen LogP contribution < -0.4 is 0 Å². The van der Waals surface area contributed by atoms with E-state index in [0.717, 1.165) is 0 Å². The molecular weight excluding hydrogens is 149 g/mol. The van der Waals surface area contributed by atoms with Crippen molar-refractivity contribution in [3.63, 3.8) is 0 Å². The van der Waals surface area contributed by atoms with Gasteiger partial charge in [0.15, 0.2) is 12.1 Å². The van der Waals surface area contributed by atoms with Crippen molar-refractivity contribution in [1.82, 2.24) is 4.90 Å². The fraction of sp³-hybridized carbons (Fsp3) is 0.571. The first-order chi connectivity index (χ1) is 5.33. The largest absolute Gasteiger partial charge is 0.378 e. The highest BCUT2D eigenvalue weighted by atomic mass is 19.1. The van der Waals surface area contributed by atoms with E-state index in [0.29, 0.717) is 26.3 Å². The van der Waals surface area contributed by atoms with Crippen LogP contribution in [0.5, 0.6) is 0 Å². The Hall–Kier alpha value is -0.900. The lowest BCUT2D eigenvalue weighted by molar-refractivity contribution is -0.106. The van der Waals surface area contributed by atoms with E-state index in [-0.39, 0.29) is 6.29 Å². The second-order valence-corrected chi connectivity index (χ2v) is 2.28. The second-order valence-electron chi connectivity index (χ2n) is 2.28. The second kappa shape index (κ2) is 4.08. The number of nitrogens with zero attached hydrogens (tertiary/aromatic N) is 1. The highest BCUT2D eigenvalue weighted by Crippen LogP contribution is 2.00. The van der Waals surface area contributed by atoms with Crippen LogP contribution in [0.2, 0.25) is 0 Å². The summed E-state index contributed by atoms with van der Waals surface area (Å²) in [5.74, 6) is -0.730. The maximum Gasteiger partial charge on any atom is 0.179 e. The summed E-state index contributed by atoms with van der Waals surface area (Å²) in [7, 11) is 0. The molecule has 0 spiro atoms. The van der Waals surface area contributed by atoms with Crippen molar-refractivity contribution in [3.05, 3.63) is 12.0 Å². The molecule has 0 radical (unpaired) electrons. The van der Waals surface area contributed by atoms with Crippen molar-refractivity contribution in [2.24, 2.45) is 0 Å². The predicted molar refractivity (Wildman–Crippen MR) is 37.6 cm³/mol. The number of rotatable bonds is 2. The molecule has 11 heavy (non-hydrogen) atoms. The van der Waals surface area contributed by atoms with E-state index in [2.05, 4.69) is 0 Å². The summed E-state index contributed by atoms with van der Waals surface area (Å²) in [5, 5.41) is 0. The average Bonchev–Trinajstić information content (AvgIpc) is 2.06. The van der Waals surface area contributed by atoms with Crippen LogP contribution in [0.25, 0.3) is 0 Å². The first kappa shape index (κ1) is 8.20. The number of ether oxygens (including phenoxy) is 1. The van der Waals surface area contributed by atoms with E-state index in [4.69, 9.17) is 4.74 Å². The average molecular weight is 159 g/mol. The molecule has 0 bridgehead atoms. The van der Waals surface area contributed by atoms with Crippen molar-refractivity contribution < 1.29 is 13.9 Å². The van der Waals surface area contributed by atoms with Gasteiger partial charge in [-0.1, -0.05) is 0 Å². The molecule has 0 amide bonds. The van der Waals surface area contributed by atoms with Crippen LogP contribution in [-0.2, 0) is 9.53 Å². The molecule has 4 heteroatoms. The molecule has 3 nitrogen and oxygen atoms in total. The molecule has 0 atom stereocenters. The first-order valence-electron chi connectivity index (χ1n) is 3.47. The van der Waals surface area contributed by atoms with Crippen LogP contribution in [0.1, 0.15) is 0 Å².